The molecule has 0 bridgehead atoms. The van der Waals surface area contributed by atoms with Gasteiger partial charge in [-0.2, -0.15) is 15.8 Å². The molecule has 2 aromatic carbocycles. The minimum atomic E-state index is -0.770. The van der Waals surface area contributed by atoms with E-state index in [1.54, 1.807) is 48.5 Å². The van der Waals surface area contributed by atoms with Gasteiger partial charge in [0.25, 0.3) is 0 Å². The molecule has 0 aliphatic rings. The van der Waals surface area contributed by atoms with Crippen LogP contribution in [0, 0.1) is 39.8 Å². The number of esters is 1. The molecule has 7 heteroatoms. The first-order chi connectivity index (χ1) is 12.5. The fourth-order valence-electron chi connectivity index (χ4n) is 2.17. The molecule has 0 aliphatic heterocycles. The molecule has 0 saturated heterocycles. The van der Waals surface area contributed by atoms with Gasteiger partial charge >= 0.3 is 5.97 Å². The van der Waals surface area contributed by atoms with Gasteiger partial charge in [0.1, 0.15) is 29.7 Å². The Bertz CT molecular complexity index is 1010. The average molecular weight is 346 g/mol. The van der Waals surface area contributed by atoms with E-state index < -0.39 is 11.8 Å². The van der Waals surface area contributed by atoms with Gasteiger partial charge in [0.2, 0.25) is 0 Å². The molecule has 0 aromatic heterocycles. The molecule has 0 unspecified atom stereocenters. The van der Waals surface area contributed by atoms with Gasteiger partial charge in [-0.05, 0) is 35.4 Å². The molecule has 0 amide bonds. The van der Waals surface area contributed by atoms with Crippen molar-refractivity contribution in [2.45, 2.75) is 0 Å². The van der Waals surface area contributed by atoms with Gasteiger partial charge in [-0.3, -0.25) is 0 Å². The van der Waals surface area contributed by atoms with E-state index in [-0.39, 0.29) is 16.8 Å². The van der Waals surface area contributed by atoms with Gasteiger partial charge in [0.15, 0.2) is 5.57 Å². The third-order valence-electron chi connectivity index (χ3n) is 3.43. The standard InChI is InChI=1S/C19H11FN4O2/c1-26-19(25)16-6-5-13(8-17(16)20)12-3-2-4-15(7-12)24-18(11-23)14(9-21)10-22/h2-8,24H,1H3. The first kappa shape index (κ1) is 18.2. The van der Waals surface area contributed by atoms with Gasteiger partial charge in [-0.15, -0.1) is 0 Å². The van der Waals surface area contributed by atoms with Gasteiger partial charge < -0.3 is 10.1 Å². The topological polar surface area (TPSA) is 110 Å². The second-order valence-electron chi connectivity index (χ2n) is 4.98. The van der Waals surface area contributed by atoms with Crippen LogP contribution in [0.5, 0.6) is 0 Å². The lowest BCUT2D eigenvalue weighted by Gasteiger charge is -2.09. The highest BCUT2D eigenvalue weighted by atomic mass is 19.1. The second kappa shape index (κ2) is 8.10. The Morgan fingerprint density at radius 2 is 1.73 bits per heavy atom. The normalized spacial score (nSPS) is 9.19. The SMILES string of the molecule is COC(=O)c1ccc(-c2cccc(NC(C#N)=C(C#N)C#N)c2)cc1F. The Morgan fingerprint density at radius 1 is 1.04 bits per heavy atom. The third kappa shape index (κ3) is 3.84. The lowest BCUT2D eigenvalue weighted by atomic mass is 10.0. The largest absolute Gasteiger partial charge is 0.465 e. The van der Waals surface area contributed by atoms with Crippen LogP contribution in [-0.4, -0.2) is 13.1 Å². The number of nitrogens with zero attached hydrogens (tertiary/aromatic N) is 3. The van der Waals surface area contributed by atoms with Crippen molar-refractivity contribution in [3.63, 3.8) is 0 Å². The van der Waals surface area contributed by atoms with E-state index >= 15 is 0 Å². The molecule has 126 valence electrons. The zero-order valence-electron chi connectivity index (χ0n) is 13.6. The van der Waals surface area contributed by atoms with Crippen LogP contribution in [0.25, 0.3) is 11.1 Å². The molecular formula is C19H11FN4O2. The number of carbonyl (C=O) groups excluding carboxylic acids is 1. The van der Waals surface area contributed by atoms with Crippen molar-refractivity contribution in [1.82, 2.24) is 0 Å². The number of nitriles is 3. The van der Waals surface area contributed by atoms with E-state index in [4.69, 9.17) is 15.8 Å². The molecule has 0 aliphatic carbocycles. The Labute approximate surface area is 149 Å². The lowest BCUT2D eigenvalue weighted by Crippen LogP contribution is -2.04. The van der Waals surface area contributed by atoms with Gasteiger partial charge in [0.05, 0.1) is 12.7 Å². The fourth-order valence-corrected chi connectivity index (χ4v) is 2.17. The van der Waals surface area contributed by atoms with Crippen LogP contribution in [0.15, 0.2) is 53.7 Å². The van der Waals surface area contributed by atoms with Crippen LogP contribution in [0.3, 0.4) is 0 Å². The van der Waals surface area contributed by atoms with Crippen molar-refractivity contribution in [2.24, 2.45) is 0 Å². The Hall–Kier alpha value is -4.15. The number of methoxy groups -OCH3 is 1. The Kier molecular flexibility index (Phi) is 5.67. The monoisotopic (exact) mass is 346 g/mol. The zero-order chi connectivity index (χ0) is 19.1. The number of halogens is 1. The van der Waals surface area contributed by atoms with E-state index in [1.165, 1.54) is 19.2 Å². The van der Waals surface area contributed by atoms with E-state index in [0.717, 1.165) is 0 Å². The number of allylic oxidation sites excluding steroid dienone is 2. The zero-order valence-corrected chi connectivity index (χ0v) is 13.6. The minimum absolute atomic E-state index is 0.173. The van der Waals surface area contributed by atoms with Crippen LogP contribution in [0.4, 0.5) is 10.1 Å². The molecule has 6 nitrogen and oxygen atoms in total. The molecule has 0 fully saturated rings. The Balaban J connectivity index is 2.39. The van der Waals surface area contributed by atoms with Crippen LogP contribution in [0.1, 0.15) is 10.4 Å². The second-order valence-corrected chi connectivity index (χ2v) is 4.98. The fraction of sp³-hybridized carbons (Fsp3) is 0.0526. The summed E-state index contributed by atoms with van der Waals surface area (Å²) in [5.41, 5.74) is 0.860. The molecule has 0 heterocycles. The van der Waals surface area contributed by atoms with Crippen LogP contribution >= 0.6 is 0 Å². The molecule has 26 heavy (non-hydrogen) atoms. The van der Waals surface area contributed by atoms with E-state index in [0.29, 0.717) is 16.8 Å². The number of nitrogens with one attached hydrogen (secondary N) is 1. The summed E-state index contributed by atoms with van der Waals surface area (Å²) in [6.45, 7) is 0. The average Bonchev–Trinajstić information content (AvgIpc) is 2.67. The summed E-state index contributed by atoms with van der Waals surface area (Å²) < 4.78 is 18.6. The molecule has 0 radical (unpaired) electrons. The quantitative estimate of drug-likeness (QED) is 0.670. The first-order valence-electron chi connectivity index (χ1n) is 7.24. The maximum absolute atomic E-state index is 14.1. The number of hydrogen-bond donors (Lipinski definition) is 1. The van der Waals surface area contributed by atoms with Crippen LogP contribution in [0.2, 0.25) is 0 Å². The summed E-state index contributed by atoms with van der Waals surface area (Å²) in [6, 6.07) is 15.7. The highest BCUT2D eigenvalue weighted by Gasteiger charge is 2.13. The van der Waals surface area contributed by atoms with E-state index in [2.05, 4.69) is 10.1 Å². The smallest absolute Gasteiger partial charge is 0.340 e. The summed E-state index contributed by atoms with van der Waals surface area (Å²) in [6.07, 6.45) is 0. The van der Waals surface area contributed by atoms with E-state index in [9.17, 15) is 9.18 Å². The van der Waals surface area contributed by atoms with Crippen molar-refractivity contribution in [2.75, 3.05) is 12.4 Å². The van der Waals surface area contributed by atoms with Gasteiger partial charge in [-0.25, -0.2) is 9.18 Å². The molecule has 0 saturated carbocycles. The third-order valence-corrected chi connectivity index (χ3v) is 3.43. The molecule has 0 atom stereocenters. The highest BCUT2D eigenvalue weighted by molar-refractivity contribution is 5.90. The summed E-state index contributed by atoms with van der Waals surface area (Å²) in [4.78, 5) is 11.5. The van der Waals surface area contributed by atoms with Crippen LogP contribution in [-0.2, 0) is 4.74 Å². The molecule has 2 aromatic rings. The molecule has 1 N–H and O–H groups in total. The van der Waals surface area contributed by atoms with Crippen molar-refractivity contribution < 1.29 is 13.9 Å². The summed E-state index contributed by atoms with van der Waals surface area (Å²) in [5.74, 6) is -1.49. The highest BCUT2D eigenvalue weighted by Crippen LogP contribution is 2.25. The van der Waals surface area contributed by atoms with E-state index in [1.807, 2.05) is 0 Å². The minimum Gasteiger partial charge on any atom is -0.465 e. The maximum Gasteiger partial charge on any atom is 0.340 e. The maximum atomic E-state index is 14.1. The van der Waals surface area contributed by atoms with Crippen molar-refractivity contribution in [1.29, 1.82) is 15.8 Å². The Morgan fingerprint density at radius 3 is 2.31 bits per heavy atom. The van der Waals surface area contributed by atoms with Gasteiger partial charge in [-0.1, -0.05) is 18.2 Å². The first-order valence-corrected chi connectivity index (χ1v) is 7.24. The van der Waals surface area contributed by atoms with Gasteiger partial charge in [0, 0.05) is 5.69 Å². The number of benzene rings is 2. The van der Waals surface area contributed by atoms with Crippen molar-refractivity contribution >= 4 is 11.7 Å². The predicted molar refractivity (Wildman–Crippen MR) is 90.7 cm³/mol. The van der Waals surface area contributed by atoms with Crippen molar-refractivity contribution in [3.05, 3.63) is 65.1 Å². The number of hydrogen-bond acceptors (Lipinski definition) is 6. The predicted octanol–water partition coefficient (Wildman–Crippen LogP) is 3.52. The molecular weight excluding hydrogens is 335 g/mol. The number of carbonyl (C=O) groups is 1. The summed E-state index contributed by atoms with van der Waals surface area (Å²) in [7, 11) is 1.17. The lowest BCUT2D eigenvalue weighted by molar-refractivity contribution is 0.0595. The number of rotatable bonds is 4. The summed E-state index contributed by atoms with van der Waals surface area (Å²) >= 11 is 0. The number of ether oxygens (including phenoxy) is 1. The molecule has 2 rings (SSSR count). The van der Waals surface area contributed by atoms with Crippen molar-refractivity contribution in [3.8, 4) is 29.3 Å². The molecule has 0 spiro atoms. The number of anilines is 1. The van der Waals surface area contributed by atoms with Crippen LogP contribution < -0.4 is 5.32 Å². The summed E-state index contributed by atoms with van der Waals surface area (Å²) in [5, 5.41) is 29.5.